The molecule has 0 aliphatic carbocycles. The van der Waals surface area contributed by atoms with Gasteiger partial charge in [0.05, 0.1) is 0 Å². The van der Waals surface area contributed by atoms with Gasteiger partial charge in [-0.25, -0.2) is 0 Å². The van der Waals surface area contributed by atoms with E-state index in [0.29, 0.717) is 4.89 Å². The quantitative estimate of drug-likeness (QED) is 0.304. The molecule has 4 nitrogen and oxygen atoms in total. The highest BCUT2D eigenvalue weighted by Crippen LogP contribution is 1.70. The van der Waals surface area contributed by atoms with Gasteiger partial charge in [0, 0.05) is 12.9 Å². The van der Waals surface area contributed by atoms with E-state index in [1.54, 1.807) is 0 Å². The lowest BCUT2D eigenvalue weighted by atomic mass is 11.0. The van der Waals surface area contributed by atoms with E-state index in [1.165, 1.54) is 6.92 Å². The van der Waals surface area contributed by atoms with Gasteiger partial charge < -0.3 is 0 Å². The smallest absolute Gasteiger partial charge is 0.171 e. The van der Waals surface area contributed by atoms with Gasteiger partial charge in [-0.3, -0.25) is 0 Å². The van der Waals surface area contributed by atoms with Crippen molar-refractivity contribution in [2.24, 2.45) is 0 Å². The molecule has 8 heavy (non-hydrogen) atoms. The molecule has 0 aliphatic heterocycles. The van der Waals surface area contributed by atoms with Gasteiger partial charge in [0.1, 0.15) is 5.75 Å². The molecule has 0 aromatic heterocycles. The van der Waals surface area contributed by atoms with Crippen molar-refractivity contribution in [3.63, 3.8) is 0 Å². The maximum Gasteiger partial charge on any atom is 0.324 e. The monoisotopic (exact) mass is 158 g/mol. The third kappa shape index (κ3) is 3.25. The normalized spacial score (nSPS) is 11.8. The summed E-state index contributed by atoms with van der Waals surface area (Å²) in [4.78, 5) is 0.704. The molecule has 0 fully saturated rings. The number of primary sulfonamides is 1. The maximum atomic E-state index is 10.4. The maximum absolute atomic E-state index is 10.4. The minimum atomic E-state index is -3.09. The van der Waals surface area contributed by atoms with Gasteiger partial charge >= 0.3 is 10.0 Å². The third-order valence-corrected chi connectivity index (χ3v) is 2.03. The predicted octanol–water partition coefficient (Wildman–Crippen LogP) is -1.32. The molecule has 0 saturated carbocycles. The van der Waals surface area contributed by atoms with Crippen molar-refractivity contribution >= 4 is 22.9 Å². The highest BCUT2D eigenvalue weighted by Gasteiger charge is 2.08. The largest absolute Gasteiger partial charge is 0.324 e. The zero-order valence-corrected chi connectivity index (χ0v) is 6.08. The Balaban J connectivity index is 3.76. The molecule has 0 aromatic rings. The minimum absolute atomic E-state index is 0.0492. The number of sulfonamides is 1. The average molecular weight is 158 g/mol. The second kappa shape index (κ2) is 3.29. The van der Waals surface area contributed by atoms with Crippen LogP contribution in [0.4, 0.5) is 0 Å². The van der Waals surface area contributed by atoms with Crippen LogP contribution in [-0.4, -0.2) is 14.2 Å². The molecule has 0 aromatic carbocycles. The molecule has 2 N–H and O–H groups in total. The van der Waals surface area contributed by atoms with Crippen LogP contribution < -0.4 is 4.89 Å². The van der Waals surface area contributed by atoms with Gasteiger partial charge in [-0.1, -0.05) is 4.89 Å². The Morgan fingerprint density at radius 1 is 1.75 bits per heavy atom. The van der Waals surface area contributed by atoms with Gasteiger partial charge in [0.25, 0.3) is 0 Å². The summed E-state index contributed by atoms with van der Waals surface area (Å²) >= 11 is 3.23. The van der Waals surface area contributed by atoms with Gasteiger partial charge in [-0.15, -0.1) is 4.28 Å². The molecule has 0 amide bonds. The molecule has 0 saturated heterocycles. The summed E-state index contributed by atoms with van der Waals surface area (Å²) in [7, 11) is -3.09. The van der Waals surface area contributed by atoms with Crippen molar-refractivity contribution in [1.82, 2.24) is 0 Å². The van der Waals surface area contributed by atoms with E-state index in [2.05, 4.69) is 17.2 Å². The molecular formula is C2H8NO3S2+. The third-order valence-electron chi connectivity index (χ3n) is 0.592. The second-order valence-corrected chi connectivity index (χ2v) is 3.46. The van der Waals surface area contributed by atoms with Crippen molar-refractivity contribution in [1.29, 1.82) is 0 Å². The van der Waals surface area contributed by atoms with Crippen LogP contribution in [0.25, 0.3) is 0 Å². The molecule has 0 spiro atoms. The zero-order valence-electron chi connectivity index (χ0n) is 4.36. The number of rotatable bonds is 3. The molecule has 0 heterocycles. The Hall–Kier alpha value is 0.220. The summed E-state index contributed by atoms with van der Waals surface area (Å²) in [6, 6.07) is 0. The summed E-state index contributed by atoms with van der Waals surface area (Å²) in [5.74, 6) is 0.0492. The second-order valence-electron chi connectivity index (χ2n) is 1.15. The molecule has 50 valence electrons. The first-order valence-electron chi connectivity index (χ1n) is 1.98. The van der Waals surface area contributed by atoms with Crippen LogP contribution in [0.3, 0.4) is 0 Å². The van der Waals surface area contributed by atoms with Crippen molar-refractivity contribution in [2.75, 3.05) is 5.75 Å². The highest BCUT2D eigenvalue weighted by atomic mass is 32.2. The molecule has 0 atom stereocenters. The summed E-state index contributed by atoms with van der Waals surface area (Å²) in [6.45, 7) is 1.53. The van der Waals surface area contributed by atoms with Gasteiger partial charge in [-0.05, 0) is 6.92 Å². The lowest BCUT2D eigenvalue weighted by Gasteiger charge is -1.90. The Kier molecular flexibility index (Phi) is 3.38. The number of hydrogen-bond acceptors (Lipinski definition) is 4. The van der Waals surface area contributed by atoms with Gasteiger partial charge in [0.15, 0.2) is 0 Å². The van der Waals surface area contributed by atoms with Crippen molar-refractivity contribution in [3.8, 4) is 0 Å². The number of hydrogen-bond donors (Lipinski definition) is 2. The Morgan fingerprint density at radius 2 is 2.25 bits per heavy atom. The molecule has 0 aliphatic rings. The predicted molar refractivity (Wildman–Crippen MR) is 31.5 cm³/mol. The number of thiol groups is 1. The zero-order chi connectivity index (χ0) is 6.62. The van der Waals surface area contributed by atoms with Crippen LogP contribution in [0.2, 0.25) is 0 Å². The molecular weight excluding hydrogens is 150 g/mol. The molecule has 0 radical (unpaired) electrons. The summed E-state index contributed by atoms with van der Waals surface area (Å²) in [5, 5.41) is 0. The van der Waals surface area contributed by atoms with E-state index in [9.17, 15) is 8.42 Å². The van der Waals surface area contributed by atoms with Crippen LogP contribution in [0.5, 0.6) is 0 Å². The lowest BCUT2D eigenvalue weighted by Crippen LogP contribution is -2.85. The standard InChI is InChI=1S/C2H7NO3S2/c1-2-8(4,5)3-6-7/h3,7H,2H2,1H3/p+1. The van der Waals surface area contributed by atoms with E-state index < -0.39 is 10.0 Å². The SMILES string of the molecule is CCS(=O)(=O)[NH2+]OS. The lowest BCUT2D eigenvalue weighted by molar-refractivity contribution is -0.730. The average Bonchev–Trinajstić information content (AvgIpc) is 1.67. The minimum Gasteiger partial charge on any atom is -0.171 e. The van der Waals surface area contributed by atoms with E-state index in [4.69, 9.17) is 0 Å². The molecule has 0 bridgehead atoms. The first kappa shape index (κ1) is 8.22. The Labute approximate surface area is 53.8 Å². The van der Waals surface area contributed by atoms with E-state index in [0.717, 1.165) is 0 Å². The summed E-state index contributed by atoms with van der Waals surface area (Å²) in [6.07, 6.45) is 0. The van der Waals surface area contributed by atoms with Crippen molar-refractivity contribution in [3.05, 3.63) is 0 Å². The van der Waals surface area contributed by atoms with Crippen molar-refractivity contribution < 1.29 is 17.6 Å². The van der Waals surface area contributed by atoms with E-state index in [-0.39, 0.29) is 5.75 Å². The fourth-order valence-electron chi connectivity index (χ4n) is 0.134. The summed E-state index contributed by atoms with van der Waals surface area (Å²) in [5.41, 5.74) is 0. The van der Waals surface area contributed by atoms with Crippen LogP contribution in [0.15, 0.2) is 0 Å². The van der Waals surface area contributed by atoms with E-state index >= 15 is 0 Å². The van der Waals surface area contributed by atoms with E-state index in [1.807, 2.05) is 0 Å². The fraction of sp³-hybridized carbons (Fsp3) is 1.00. The molecule has 6 heteroatoms. The summed E-state index contributed by atoms with van der Waals surface area (Å²) < 4.78 is 24.7. The fourth-order valence-corrected chi connectivity index (χ4v) is 0.794. The highest BCUT2D eigenvalue weighted by molar-refractivity contribution is 7.84. The number of nitrogens with two attached hydrogens (primary N) is 1. The van der Waals surface area contributed by atoms with Crippen molar-refractivity contribution in [2.45, 2.75) is 6.92 Å². The first-order chi connectivity index (χ1) is 3.62. The number of quaternary nitrogens is 1. The molecule has 0 rings (SSSR count). The van der Waals surface area contributed by atoms with Gasteiger partial charge in [-0.2, -0.15) is 8.42 Å². The Bertz CT molecular complexity index is 139. The molecule has 0 unspecified atom stereocenters. The first-order valence-corrected chi connectivity index (χ1v) is 4.06. The van der Waals surface area contributed by atoms with Crippen LogP contribution in [0, 0.1) is 0 Å². The van der Waals surface area contributed by atoms with Crippen LogP contribution >= 0.6 is 12.9 Å². The Morgan fingerprint density at radius 3 is 2.38 bits per heavy atom. The topological polar surface area (TPSA) is 60.0 Å². The van der Waals surface area contributed by atoms with Gasteiger partial charge in [0.2, 0.25) is 0 Å². The van der Waals surface area contributed by atoms with Crippen LogP contribution in [0.1, 0.15) is 6.92 Å². The van der Waals surface area contributed by atoms with Crippen LogP contribution in [-0.2, 0) is 14.3 Å².